The molecule has 1 unspecified atom stereocenters. The van der Waals surface area contributed by atoms with Crippen molar-refractivity contribution >= 4 is 22.5 Å². The molecule has 1 aliphatic rings. The normalized spacial score (nSPS) is 20.5. The highest BCUT2D eigenvalue weighted by Crippen LogP contribution is 2.28. The average molecular weight is 406 g/mol. The van der Waals surface area contributed by atoms with Crippen molar-refractivity contribution in [1.29, 1.82) is 0 Å². The van der Waals surface area contributed by atoms with Gasteiger partial charge in [0.2, 0.25) is 5.95 Å². The predicted octanol–water partition coefficient (Wildman–Crippen LogP) is 4.39. The summed E-state index contributed by atoms with van der Waals surface area (Å²) in [5.74, 6) is 0.595. The molecule has 154 valence electrons. The Morgan fingerprint density at radius 1 is 1.07 bits per heavy atom. The number of aromatic nitrogens is 5. The van der Waals surface area contributed by atoms with E-state index in [1.165, 1.54) is 6.92 Å². The maximum absolute atomic E-state index is 13.0. The fraction of sp³-hybridized carbons (Fsp3) is 0.364. The summed E-state index contributed by atoms with van der Waals surface area (Å²) >= 11 is 0. The van der Waals surface area contributed by atoms with E-state index in [0.717, 1.165) is 53.4 Å². The van der Waals surface area contributed by atoms with E-state index < -0.39 is 6.36 Å². The second-order valence-corrected chi connectivity index (χ2v) is 7.70. The third-order valence-electron chi connectivity index (χ3n) is 5.58. The molecule has 0 amide bonds. The number of benzene rings is 1. The molecule has 0 aliphatic heterocycles. The SMILES string of the molecule is CC(F)OC1CCC(Nc2ncc3c(-c4ccc5nccnc5c4)ccn3n2)CC1. The highest BCUT2D eigenvalue weighted by molar-refractivity contribution is 5.86. The first-order valence-corrected chi connectivity index (χ1v) is 10.3. The molecule has 3 heterocycles. The molecule has 4 aromatic rings. The fourth-order valence-corrected chi connectivity index (χ4v) is 4.13. The van der Waals surface area contributed by atoms with Crippen LogP contribution in [-0.2, 0) is 4.74 Å². The number of halogens is 1. The van der Waals surface area contributed by atoms with Crippen LogP contribution < -0.4 is 5.32 Å². The topological polar surface area (TPSA) is 77.2 Å². The Kier molecular flexibility index (Phi) is 5.00. The van der Waals surface area contributed by atoms with Gasteiger partial charge in [0.15, 0.2) is 6.36 Å². The van der Waals surface area contributed by atoms with Crippen molar-refractivity contribution in [3.05, 3.63) is 49.1 Å². The van der Waals surface area contributed by atoms with Crippen molar-refractivity contribution in [3.63, 3.8) is 0 Å². The number of nitrogens with zero attached hydrogens (tertiary/aromatic N) is 5. The van der Waals surface area contributed by atoms with Gasteiger partial charge in [0.25, 0.3) is 0 Å². The summed E-state index contributed by atoms with van der Waals surface area (Å²) in [6.07, 6.45) is 9.47. The summed E-state index contributed by atoms with van der Waals surface area (Å²) in [7, 11) is 0. The van der Waals surface area contributed by atoms with Crippen LogP contribution >= 0.6 is 0 Å². The van der Waals surface area contributed by atoms with E-state index in [1.807, 2.05) is 41.2 Å². The van der Waals surface area contributed by atoms with Crippen molar-refractivity contribution in [2.45, 2.75) is 51.1 Å². The number of ether oxygens (including phenoxy) is 1. The lowest BCUT2D eigenvalue weighted by atomic mass is 9.93. The molecule has 0 saturated heterocycles. The number of fused-ring (bicyclic) bond motifs is 2. The molecular formula is C22H23FN6O. The van der Waals surface area contributed by atoms with Gasteiger partial charge < -0.3 is 10.1 Å². The van der Waals surface area contributed by atoms with Crippen LogP contribution in [0.2, 0.25) is 0 Å². The first-order valence-electron chi connectivity index (χ1n) is 10.3. The molecular weight excluding hydrogens is 383 g/mol. The minimum atomic E-state index is -1.21. The van der Waals surface area contributed by atoms with Gasteiger partial charge in [0.05, 0.1) is 28.9 Å². The van der Waals surface area contributed by atoms with Gasteiger partial charge in [0.1, 0.15) is 0 Å². The van der Waals surface area contributed by atoms with Crippen LogP contribution in [0.25, 0.3) is 27.7 Å². The van der Waals surface area contributed by atoms with Gasteiger partial charge in [-0.15, -0.1) is 5.10 Å². The Bertz CT molecular complexity index is 1170. The van der Waals surface area contributed by atoms with Crippen LogP contribution in [0.1, 0.15) is 32.6 Å². The Labute approximate surface area is 173 Å². The van der Waals surface area contributed by atoms with Crippen LogP contribution in [0.5, 0.6) is 0 Å². The van der Waals surface area contributed by atoms with Gasteiger partial charge in [0, 0.05) is 30.2 Å². The number of rotatable bonds is 5. The third kappa shape index (κ3) is 3.82. The first kappa shape index (κ1) is 18.9. The smallest absolute Gasteiger partial charge is 0.241 e. The maximum Gasteiger partial charge on any atom is 0.241 e. The Hall–Kier alpha value is -3.13. The molecule has 1 atom stereocenters. The Balaban J connectivity index is 1.33. The molecule has 0 bridgehead atoms. The van der Waals surface area contributed by atoms with Gasteiger partial charge in [-0.25, -0.2) is 13.9 Å². The number of alkyl halides is 1. The molecule has 1 fully saturated rings. The van der Waals surface area contributed by atoms with Gasteiger partial charge in [-0.05, 0) is 56.4 Å². The zero-order valence-corrected chi connectivity index (χ0v) is 16.7. The van der Waals surface area contributed by atoms with E-state index in [0.29, 0.717) is 5.95 Å². The van der Waals surface area contributed by atoms with E-state index in [9.17, 15) is 4.39 Å². The number of anilines is 1. The van der Waals surface area contributed by atoms with Crippen LogP contribution in [0.15, 0.2) is 49.1 Å². The van der Waals surface area contributed by atoms with Crippen molar-refractivity contribution < 1.29 is 9.13 Å². The van der Waals surface area contributed by atoms with Gasteiger partial charge in [-0.2, -0.15) is 0 Å². The molecule has 1 N–H and O–H groups in total. The quantitative estimate of drug-likeness (QED) is 0.530. The Morgan fingerprint density at radius 3 is 2.67 bits per heavy atom. The molecule has 1 aliphatic carbocycles. The molecule has 0 radical (unpaired) electrons. The van der Waals surface area contributed by atoms with Gasteiger partial charge in [-0.1, -0.05) is 6.07 Å². The summed E-state index contributed by atoms with van der Waals surface area (Å²) < 4.78 is 20.1. The fourth-order valence-electron chi connectivity index (χ4n) is 4.13. The zero-order chi connectivity index (χ0) is 20.5. The molecule has 1 aromatic carbocycles. The molecule has 7 nitrogen and oxygen atoms in total. The van der Waals surface area contributed by atoms with Crippen molar-refractivity contribution in [2.75, 3.05) is 5.32 Å². The third-order valence-corrected chi connectivity index (χ3v) is 5.58. The van der Waals surface area contributed by atoms with Gasteiger partial charge >= 0.3 is 0 Å². The molecule has 0 spiro atoms. The van der Waals surface area contributed by atoms with Crippen LogP contribution in [-0.4, -0.2) is 43.1 Å². The standard InChI is InChI=1S/C22H23FN6O/c1-14(23)30-17-5-3-16(4-6-17)27-22-26-13-21-18(8-11-29(21)28-22)15-2-7-19-20(12-15)25-10-9-24-19/h2,7-14,16-17H,3-6H2,1H3,(H,27,28). The van der Waals surface area contributed by atoms with Crippen LogP contribution in [0.3, 0.4) is 0 Å². The lowest BCUT2D eigenvalue weighted by Crippen LogP contribution is -2.31. The second kappa shape index (κ2) is 7.95. The van der Waals surface area contributed by atoms with Crippen molar-refractivity contribution in [3.8, 4) is 11.1 Å². The van der Waals surface area contributed by atoms with Crippen molar-refractivity contribution in [1.82, 2.24) is 24.6 Å². The van der Waals surface area contributed by atoms with Crippen molar-refractivity contribution in [2.24, 2.45) is 0 Å². The summed E-state index contributed by atoms with van der Waals surface area (Å²) in [5.41, 5.74) is 4.75. The Morgan fingerprint density at radius 2 is 1.87 bits per heavy atom. The summed E-state index contributed by atoms with van der Waals surface area (Å²) in [4.78, 5) is 13.2. The average Bonchev–Trinajstić information content (AvgIpc) is 3.18. The lowest BCUT2D eigenvalue weighted by Gasteiger charge is -2.29. The zero-order valence-electron chi connectivity index (χ0n) is 16.7. The molecule has 3 aromatic heterocycles. The molecule has 8 heteroatoms. The van der Waals surface area contributed by atoms with E-state index >= 15 is 0 Å². The summed E-state index contributed by atoms with van der Waals surface area (Å²) in [6, 6.07) is 8.35. The molecule has 30 heavy (non-hydrogen) atoms. The highest BCUT2D eigenvalue weighted by atomic mass is 19.1. The molecule has 1 saturated carbocycles. The number of nitrogens with one attached hydrogen (secondary N) is 1. The van der Waals surface area contributed by atoms with Crippen LogP contribution in [0, 0.1) is 0 Å². The van der Waals surface area contributed by atoms with Crippen LogP contribution in [0.4, 0.5) is 10.3 Å². The predicted molar refractivity (Wildman–Crippen MR) is 113 cm³/mol. The first-order chi connectivity index (χ1) is 14.7. The highest BCUT2D eigenvalue weighted by Gasteiger charge is 2.23. The number of hydrogen-bond acceptors (Lipinski definition) is 6. The van der Waals surface area contributed by atoms with E-state index in [2.05, 4.69) is 25.4 Å². The lowest BCUT2D eigenvalue weighted by molar-refractivity contribution is -0.0862. The van der Waals surface area contributed by atoms with E-state index in [1.54, 1.807) is 12.4 Å². The minimum Gasteiger partial charge on any atom is -0.350 e. The van der Waals surface area contributed by atoms with Gasteiger partial charge in [-0.3, -0.25) is 9.97 Å². The molecule has 5 rings (SSSR count). The number of hydrogen-bond donors (Lipinski definition) is 1. The monoisotopic (exact) mass is 406 g/mol. The summed E-state index contributed by atoms with van der Waals surface area (Å²) in [6.45, 7) is 1.43. The van der Waals surface area contributed by atoms with E-state index in [-0.39, 0.29) is 12.1 Å². The second-order valence-electron chi connectivity index (χ2n) is 7.70. The summed E-state index contributed by atoms with van der Waals surface area (Å²) in [5, 5.41) is 8.03. The van der Waals surface area contributed by atoms with E-state index in [4.69, 9.17) is 4.74 Å². The minimum absolute atomic E-state index is 0.00472. The largest absolute Gasteiger partial charge is 0.350 e. The maximum atomic E-state index is 13.0.